The topological polar surface area (TPSA) is 70.1 Å². The lowest BCUT2D eigenvalue weighted by Gasteiger charge is -2.22. The van der Waals surface area contributed by atoms with Crippen molar-refractivity contribution in [1.29, 1.82) is 0 Å². The minimum Gasteiger partial charge on any atom is -0.507 e. The molecule has 1 aliphatic rings. The van der Waals surface area contributed by atoms with Crippen LogP contribution < -0.4 is 10.6 Å². The van der Waals surface area contributed by atoms with Gasteiger partial charge >= 0.3 is 0 Å². The zero-order chi connectivity index (χ0) is 20.5. The number of nitrogens with one attached hydrogen (secondary N) is 2. The molecule has 1 fully saturated rings. The summed E-state index contributed by atoms with van der Waals surface area (Å²) in [5.74, 6) is 1.87. The van der Waals surface area contributed by atoms with Crippen molar-refractivity contribution >= 4 is 16.7 Å². The quantitative estimate of drug-likeness (QED) is 0.475. The molecule has 5 heteroatoms. The van der Waals surface area contributed by atoms with E-state index in [0.29, 0.717) is 17.3 Å². The maximum atomic E-state index is 10.4. The predicted octanol–water partition coefficient (Wildman–Crippen LogP) is 4.48. The fourth-order valence-electron chi connectivity index (χ4n) is 4.19. The van der Waals surface area contributed by atoms with Crippen LogP contribution in [0.2, 0.25) is 0 Å². The number of nitrogens with zero attached hydrogens (tertiary/aromatic N) is 2. The van der Waals surface area contributed by atoms with Gasteiger partial charge in [-0.1, -0.05) is 54.1 Å². The Morgan fingerprint density at radius 3 is 2.60 bits per heavy atom. The Labute approximate surface area is 175 Å². The van der Waals surface area contributed by atoms with Crippen molar-refractivity contribution < 1.29 is 5.11 Å². The molecular weight excluding hydrogens is 372 g/mol. The maximum absolute atomic E-state index is 10.4. The molecule has 4 aromatic rings. The number of hydrogen-bond acceptors (Lipinski definition) is 5. The molecule has 0 spiro atoms. The summed E-state index contributed by atoms with van der Waals surface area (Å²) < 4.78 is 0. The third-order valence-corrected chi connectivity index (χ3v) is 5.76. The van der Waals surface area contributed by atoms with E-state index in [9.17, 15) is 5.11 Å². The van der Waals surface area contributed by atoms with Gasteiger partial charge in [0, 0.05) is 30.4 Å². The van der Waals surface area contributed by atoms with Crippen molar-refractivity contribution in [1.82, 2.24) is 15.3 Å². The molecule has 0 bridgehead atoms. The zero-order valence-corrected chi connectivity index (χ0v) is 16.8. The molecule has 30 heavy (non-hydrogen) atoms. The summed E-state index contributed by atoms with van der Waals surface area (Å²) >= 11 is 0. The lowest BCUT2D eigenvalue weighted by atomic mass is 9.94. The molecule has 0 saturated carbocycles. The molecular formula is C25H24N4O. The monoisotopic (exact) mass is 396 g/mol. The van der Waals surface area contributed by atoms with Crippen LogP contribution in [-0.4, -0.2) is 34.2 Å². The molecule has 1 unspecified atom stereocenters. The van der Waals surface area contributed by atoms with E-state index in [1.54, 1.807) is 6.07 Å². The Bertz CT molecular complexity index is 1190. The van der Waals surface area contributed by atoms with Crippen LogP contribution in [0.25, 0.3) is 22.3 Å². The fourth-order valence-corrected chi connectivity index (χ4v) is 4.19. The summed E-state index contributed by atoms with van der Waals surface area (Å²) in [4.78, 5) is 9.59. The van der Waals surface area contributed by atoms with Gasteiger partial charge in [0.05, 0.1) is 11.1 Å². The Morgan fingerprint density at radius 2 is 1.73 bits per heavy atom. The molecule has 150 valence electrons. The number of anilines is 1. The fraction of sp³-hybridized carbons (Fsp3) is 0.200. The first-order chi connectivity index (χ1) is 14.7. The highest BCUT2D eigenvalue weighted by atomic mass is 16.3. The smallest absolute Gasteiger partial charge is 0.165 e. The summed E-state index contributed by atoms with van der Waals surface area (Å²) in [5, 5.41) is 18.6. The lowest BCUT2D eigenvalue weighted by Crippen LogP contribution is -2.27. The number of benzene rings is 3. The van der Waals surface area contributed by atoms with Crippen LogP contribution in [0.4, 0.5) is 5.82 Å². The van der Waals surface area contributed by atoms with Crippen LogP contribution in [0.5, 0.6) is 5.75 Å². The van der Waals surface area contributed by atoms with Gasteiger partial charge in [0.25, 0.3) is 0 Å². The third-order valence-electron chi connectivity index (χ3n) is 5.76. The largest absolute Gasteiger partial charge is 0.507 e. The van der Waals surface area contributed by atoms with Gasteiger partial charge in [-0.25, -0.2) is 9.97 Å². The standard InChI is InChI=1S/C25H24N4O/c1-16-11-12-23(30)19(13-16)25-27-21-10-6-5-9-18(21)24(29-25)28-22-15-26-14-20(22)17-7-3-2-4-8-17/h2-13,20,22,26,30H,14-15H2,1H3,(H,27,28,29)/t20-,22?/m0/s1. The first-order valence-corrected chi connectivity index (χ1v) is 10.3. The van der Waals surface area contributed by atoms with Crippen LogP contribution in [0.3, 0.4) is 0 Å². The highest BCUT2D eigenvalue weighted by Gasteiger charge is 2.29. The molecule has 0 amide bonds. The van der Waals surface area contributed by atoms with Crippen molar-refractivity contribution in [3.05, 3.63) is 83.9 Å². The number of rotatable bonds is 4. The summed E-state index contributed by atoms with van der Waals surface area (Å²) in [7, 11) is 0. The second-order valence-corrected chi connectivity index (χ2v) is 7.86. The van der Waals surface area contributed by atoms with Gasteiger partial charge in [-0.3, -0.25) is 0 Å². The van der Waals surface area contributed by atoms with Crippen molar-refractivity contribution in [3.63, 3.8) is 0 Å². The van der Waals surface area contributed by atoms with Gasteiger partial charge in [-0.05, 0) is 36.8 Å². The Balaban J connectivity index is 1.57. The third kappa shape index (κ3) is 3.48. The number of phenolic OH excluding ortho intramolecular Hbond substituents is 1. The number of phenols is 1. The van der Waals surface area contributed by atoms with Crippen molar-refractivity contribution in [2.24, 2.45) is 0 Å². The van der Waals surface area contributed by atoms with Crippen LogP contribution in [0.15, 0.2) is 72.8 Å². The zero-order valence-electron chi connectivity index (χ0n) is 16.8. The summed E-state index contributed by atoms with van der Waals surface area (Å²) in [6.45, 7) is 3.79. The molecule has 1 aliphatic heterocycles. The predicted molar refractivity (Wildman–Crippen MR) is 121 cm³/mol. The Morgan fingerprint density at radius 1 is 0.933 bits per heavy atom. The van der Waals surface area contributed by atoms with Crippen molar-refractivity contribution in [2.75, 3.05) is 18.4 Å². The maximum Gasteiger partial charge on any atom is 0.165 e. The number of fused-ring (bicyclic) bond motifs is 1. The molecule has 3 aromatic carbocycles. The number of hydrogen-bond donors (Lipinski definition) is 3. The minimum absolute atomic E-state index is 0.187. The van der Waals surface area contributed by atoms with E-state index in [0.717, 1.165) is 35.4 Å². The molecule has 5 rings (SSSR count). The highest BCUT2D eigenvalue weighted by Crippen LogP contribution is 2.32. The molecule has 1 saturated heterocycles. The Kier molecular flexibility index (Phi) is 4.81. The van der Waals surface area contributed by atoms with Gasteiger partial charge in [-0.15, -0.1) is 0 Å². The molecule has 2 heterocycles. The van der Waals surface area contributed by atoms with Crippen LogP contribution >= 0.6 is 0 Å². The number of aromatic nitrogens is 2. The van der Waals surface area contributed by atoms with Gasteiger partial charge in [0.2, 0.25) is 0 Å². The molecule has 2 atom stereocenters. The first-order valence-electron chi connectivity index (χ1n) is 10.3. The number of para-hydroxylation sites is 1. The van der Waals surface area contributed by atoms with Crippen LogP contribution in [0.1, 0.15) is 17.0 Å². The summed E-state index contributed by atoms with van der Waals surface area (Å²) in [6.07, 6.45) is 0. The second-order valence-electron chi connectivity index (χ2n) is 7.86. The minimum atomic E-state index is 0.187. The molecule has 5 nitrogen and oxygen atoms in total. The van der Waals surface area contributed by atoms with E-state index in [2.05, 4.69) is 34.9 Å². The van der Waals surface area contributed by atoms with E-state index in [1.807, 2.05) is 49.4 Å². The van der Waals surface area contributed by atoms with Gasteiger partial charge in [0.1, 0.15) is 11.6 Å². The van der Waals surface area contributed by atoms with E-state index in [1.165, 1.54) is 5.56 Å². The first kappa shape index (κ1) is 18.6. The van der Waals surface area contributed by atoms with Gasteiger partial charge in [-0.2, -0.15) is 0 Å². The van der Waals surface area contributed by atoms with E-state index in [4.69, 9.17) is 9.97 Å². The molecule has 0 aliphatic carbocycles. The summed E-state index contributed by atoms with van der Waals surface area (Å²) in [5.41, 5.74) is 3.87. The SMILES string of the molecule is Cc1ccc(O)c(-c2nc(NC3CNC[C@H]3c3ccccc3)c3ccccc3n2)c1. The van der Waals surface area contributed by atoms with Crippen molar-refractivity contribution in [3.8, 4) is 17.1 Å². The van der Waals surface area contributed by atoms with Gasteiger partial charge < -0.3 is 15.7 Å². The van der Waals surface area contributed by atoms with Crippen molar-refractivity contribution in [2.45, 2.75) is 18.9 Å². The van der Waals surface area contributed by atoms with Crippen LogP contribution in [-0.2, 0) is 0 Å². The summed E-state index contributed by atoms with van der Waals surface area (Å²) in [6, 6.07) is 24.3. The van der Waals surface area contributed by atoms with Gasteiger partial charge in [0.15, 0.2) is 5.82 Å². The normalized spacial score (nSPS) is 18.6. The number of aryl methyl sites for hydroxylation is 1. The molecule has 0 radical (unpaired) electrons. The van der Waals surface area contributed by atoms with E-state index < -0.39 is 0 Å². The van der Waals surface area contributed by atoms with E-state index in [-0.39, 0.29) is 11.8 Å². The Hall–Kier alpha value is -3.44. The average Bonchev–Trinajstić information content (AvgIpc) is 3.24. The number of aromatic hydroxyl groups is 1. The molecule has 3 N–H and O–H groups in total. The highest BCUT2D eigenvalue weighted by molar-refractivity contribution is 5.91. The van der Waals surface area contributed by atoms with Crippen LogP contribution in [0, 0.1) is 6.92 Å². The second kappa shape index (κ2) is 7.76. The molecule has 1 aromatic heterocycles. The average molecular weight is 396 g/mol. The lowest BCUT2D eigenvalue weighted by molar-refractivity contribution is 0.477. The van der Waals surface area contributed by atoms with E-state index >= 15 is 0 Å².